The second kappa shape index (κ2) is 5.25. The summed E-state index contributed by atoms with van der Waals surface area (Å²) in [5, 5.41) is 10.9. The normalized spacial score (nSPS) is 16.5. The van der Waals surface area contributed by atoms with Crippen LogP contribution in [-0.2, 0) is 4.79 Å². The Kier molecular flexibility index (Phi) is 5.37. The van der Waals surface area contributed by atoms with Gasteiger partial charge in [0.15, 0.2) is 10.6 Å². The maximum Gasteiger partial charge on any atom is 0.221 e. The number of nitrogens with one attached hydrogen (secondary N) is 1. The molecular formula is C7H12Cl3NO2. The van der Waals surface area contributed by atoms with E-state index in [2.05, 4.69) is 5.32 Å². The molecule has 2 N–H and O–H groups in total. The van der Waals surface area contributed by atoms with Crippen LogP contribution in [0.2, 0.25) is 0 Å². The monoisotopic (exact) mass is 247 g/mol. The quantitative estimate of drug-likeness (QED) is 0.587. The van der Waals surface area contributed by atoms with Gasteiger partial charge in [0.25, 0.3) is 0 Å². The second-order valence-electron chi connectivity index (χ2n) is 2.61. The van der Waals surface area contributed by atoms with E-state index in [1.807, 2.05) is 0 Å². The molecule has 0 bridgehead atoms. The molecule has 0 radical (unpaired) electrons. The van der Waals surface area contributed by atoms with Crippen molar-refractivity contribution in [2.75, 3.05) is 0 Å². The molecule has 1 amide bonds. The summed E-state index contributed by atoms with van der Waals surface area (Å²) in [4.78, 5) is 10.9. The summed E-state index contributed by atoms with van der Waals surface area (Å²) in [6.07, 6.45) is -1.12. The van der Waals surface area contributed by atoms with Crippen molar-refractivity contribution in [3.05, 3.63) is 0 Å². The molecule has 78 valence electrons. The van der Waals surface area contributed by atoms with E-state index < -0.39 is 15.9 Å². The fourth-order valence-corrected chi connectivity index (χ4v) is 0.797. The minimum atomic E-state index is -1.58. The van der Waals surface area contributed by atoms with E-state index >= 15 is 0 Å². The van der Waals surface area contributed by atoms with Gasteiger partial charge in [0, 0.05) is 6.42 Å². The number of aliphatic hydroxyl groups excluding tert-OH is 1. The Morgan fingerprint density at radius 2 is 2.08 bits per heavy atom. The summed E-state index contributed by atoms with van der Waals surface area (Å²) >= 11 is 17.0. The van der Waals surface area contributed by atoms with Gasteiger partial charge in [0.2, 0.25) is 5.91 Å². The van der Waals surface area contributed by atoms with Crippen molar-refractivity contribution in [3.63, 3.8) is 0 Å². The highest BCUT2D eigenvalue weighted by molar-refractivity contribution is 6.52. The highest BCUT2D eigenvalue weighted by Gasteiger charge is 2.39. The third-order valence-electron chi connectivity index (χ3n) is 1.51. The number of carbonyl (C=O) groups excluding carboxylic acids is 1. The lowest BCUT2D eigenvalue weighted by Crippen LogP contribution is -2.49. The number of alkyl halides is 3. The van der Waals surface area contributed by atoms with Gasteiger partial charge in [-0.15, -0.1) is 11.6 Å². The van der Waals surface area contributed by atoms with Gasteiger partial charge in [0.05, 0.1) is 5.38 Å². The van der Waals surface area contributed by atoms with Crippen LogP contribution in [0.25, 0.3) is 0 Å². The first kappa shape index (κ1) is 13.3. The van der Waals surface area contributed by atoms with Crippen LogP contribution < -0.4 is 5.32 Å². The number of carbonyl (C=O) groups is 1. The fraction of sp³-hybridized carbons (Fsp3) is 0.857. The molecule has 0 rings (SSSR count). The first-order valence-corrected chi connectivity index (χ1v) is 5.00. The molecule has 0 spiro atoms. The minimum absolute atomic E-state index is 0.248. The molecule has 0 aromatic rings. The zero-order valence-corrected chi connectivity index (χ0v) is 9.62. The highest BCUT2D eigenvalue weighted by Crippen LogP contribution is 2.31. The Hall–Kier alpha value is 0.300. The summed E-state index contributed by atoms with van der Waals surface area (Å²) in [5.41, 5.74) is 0. The number of halogens is 3. The Morgan fingerprint density at radius 1 is 1.62 bits per heavy atom. The topological polar surface area (TPSA) is 49.3 Å². The van der Waals surface area contributed by atoms with Gasteiger partial charge >= 0.3 is 0 Å². The van der Waals surface area contributed by atoms with Crippen molar-refractivity contribution in [2.24, 2.45) is 0 Å². The van der Waals surface area contributed by atoms with Crippen molar-refractivity contribution in [1.29, 1.82) is 0 Å². The summed E-state index contributed by atoms with van der Waals surface area (Å²) < 4.78 is -1.58. The summed E-state index contributed by atoms with van der Waals surface area (Å²) in [5.74, 6) is -0.338. The Labute approximate surface area is 92.3 Å². The largest absolute Gasteiger partial charge is 0.370 e. The van der Waals surface area contributed by atoms with Crippen molar-refractivity contribution in [3.8, 4) is 0 Å². The van der Waals surface area contributed by atoms with Gasteiger partial charge in [-0.05, 0) is 6.92 Å². The third-order valence-corrected chi connectivity index (χ3v) is 3.15. The predicted octanol–water partition coefficient (Wildman–Crippen LogP) is 1.63. The molecule has 0 aliphatic carbocycles. The van der Waals surface area contributed by atoms with Crippen molar-refractivity contribution in [2.45, 2.75) is 36.2 Å². The van der Waals surface area contributed by atoms with Crippen LogP contribution in [0, 0.1) is 0 Å². The standard InChI is InChI=1S/C7H12Cl3NO2/c1-3-5(12)11-6(13)7(9,10)4(2)8/h4,6,13H,3H2,1-2H3,(H,11,12)/t4-,6-/m1/s1. The van der Waals surface area contributed by atoms with Crippen LogP contribution in [-0.4, -0.2) is 27.0 Å². The first-order valence-electron chi connectivity index (χ1n) is 3.81. The average molecular weight is 249 g/mol. The van der Waals surface area contributed by atoms with E-state index in [9.17, 15) is 9.90 Å². The van der Waals surface area contributed by atoms with Crippen molar-refractivity contribution < 1.29 is 9.90 Å². The Bertz CT molecular complexity index is 185. The fourth-order valence-electron chi connectivity index (χ4n) is 0.568. The van der Waals surface area contributed by atoms with E-state index in [0.29, 0.717) is 0 Å². The van der Waals surface area contributed by atoms with Gasteiger partial charge in [-0.1, -0.05) is 30.1 Å². The van der Waals surface area contributed by atoms with E-state index in [4.69, 9.17) is 34.8 Å². The molecule has 2 atom stereocenters. The summed E-state index contributed by atoms with van der Waals surface area (Å²) in [7, 11) is 0. The number of rotatable bonds is 4. The third kappa shape index (κ3) is 3.90. The van der Waals surface area contributed by atoms with E-state index in [0.717, 1.165) is 0 Å². The zero-order valence-electron chi connectivity index (χ0n) is 7.35. The molecule has 0 aromatic heterocycles. The number of aliphatic hydroxyl groups is 1. The van der Waals surface area contributed by atoms with Gasteiger partial charge in [-0.2, -0.15) is 0 Å². The molecular weight excluding hydrogens is 236 g/mol. The van der Waals surface area contributed by atoms with Gasteiger partial charge in [-0.3, -0.25) is 4.79 Å². The Balaban J connectivity index is 4.24. The lowest BCUT2D eigenvalue weighted by Gasteiger charge is -2.28. The van der Waals surface area contributed by atoms with Crippen LogP contribution in [0.15, 0.2) is 0 Å². The number of hydrogen-bond donors (Lipinski definition) is 2. The minimum Gasteiger partial charge on any atom is -0.370 e. The van der Waals surface area contributed by atoms with Crippen LogP contribution in [0.1, 0.15) is 20.3 Å². The van der Waals surface area contributed by atoms with Crippen LogP contribution in [0.4, 0.5) is 0 Å². The second-order valence-corrected chi connectivity index (χ2v) is 4.71. The summed E-state index contributed by atoms with van der Waals surface area (Å²) in [6, 6.07) is 0. The molecule has 0 aliphatic rings. The SMILES string of the molecule is CCC(=O)N[C@H](O)C(Cl)(Cl)[C@@H](C)Cl. The van der Waals surface area contributed by atoms with E-state index in [-0.39, 0.29) is 12.3 Å². The molecule has 0 fully saturated rings. The summed E-state index contributed by atoms with van der Waals surface area (Å²) in [6.45, 7) is 3.18. The Morgan fingerprint density at radius 3 is 2.38 bits per heavy atom. The van der Waals surface area contributed by atoms with Gasteiger partial charge < -0.3 is 10.4 Å². The molecule has 13 heavy (non-hydrogen) atoms. The van der Waals surface area contributed by atoms with Crippen LogP contribution in [0.5, 0.6) is 0 Å². The first-order chi connectivity index (χ1) is 5.82. The highest BCUT2D eigenvalue weighted by atomic mass is 35.5. The van der Waals surface area contributed by atoms with E-state index in [1.54, 1.807) is 6.92 Å². The lowest BCUT2D eigenvalue weighted by atomic mass is 10.2. The molecule has 0 heterocycles. The van der Waals surface area contributed by atoms with Crippen LogP contribution >= 0.6 is 34.8 Å². The number of hydrogen-bond acceptors (Lipinski definition) is 2. The molecule has 0 aliphatic heterocycles. The molecule has 0 aromatic carbocycles. The maximum absolute atomic E-state index is 10.9. The molecule has 0 unspecified atom stereocenters. The maximum atomic E-state index is 10.9. The molecule has 3 nitrogen and oxygen atoms in total. The van der Waals surface area contributed by atoms with Gasteiger partial charge in [-0.25, -0.2) is 0 Å². The molecule has 0 saturated heterocycles. The van der Waals surface area contributed by atoms with Crippen molar-refractivity contribution >= 4 is 40.7 Å². The number of amides is 1. The predicted molar refractivity (Wildman–Crippen MR) is 54.2 cm³/mol. The molecule has 6 heteroatoms. The van der Waals surface area contributed by atoms with E-state index in [1.165, 1.54) is 6.92 Å². The van der Waals surface area contributed by atoms with Crippen molar-refractivity contribution in [1.82, 2.24) is 5.32 Å². The van der Waals surface area contributed by atoms with Gasteiger partial charge in [0.1, 0.15) is 0 Å². The average Bonchev–Trinajstić information content (AvgIpc) is 2.03. The zero-order chi connectivity index (χ0) is 10.6. The lowest BCUT2D eigenvalue weighted by molar-refractivity contribution is -0.123. The molecule has 0 saturated carbocycles. The van der Waals surface area contributed by atoms with Crippen LogP contribution in [0.3, 0.4) is 0 Å². The smallest absolute Gasteiger partial charge is 0.221 e.